The third-order valence-electron chi connectivity index (χ3n) is 4.28. The lowest BCUT2D eigenvalue weighted by atomic mass is 10.2. The van der Waals surface area contributed by atoms with Crippen LogP contribution in [0.1, 0.15) is 24.0 Å². The van der Waals surface area contributed by atoms with Crippen molar-refractivity contribution in [1.82, 2.24) is 5.43 Å². The standard InChI is InChI=1S/C24H22BrN3O3/c25-20-11-5-6-12-21(20)27-23(29)14-15-24(30)28-26-16-19-10-4-7-13-22(19)31-17-18-8-2-1-3-9-18/h1-13,16H,14-15,17H2,(H,27,29)(H,28,30)/b26-16+. The molecule has 2 amide bonds. The summed E-state index contributed by atoms with van der Waals surface area (Å²) in [5, 5.41) is 6.75. The molecule has 0 unspecified atom stereocenters. The SMILES string of the molecule is O=C(CCC(=O)Nc1ccccc1Br)N/N=C/c1ccccc1OCc1ccccc1. The Labute approximate surface area is 189 Å². The van der Waals surface area contributed by atoms with Crippen molar-refractivity contribution >= 4 is 39.6 Å². The normalized spacial score (nSPS) is 10.6. The molecule has 0 spiro atoms. The van der Waals surface area contributed by atoms with E-state index in [-0.39, 0.29) is 24.7 Å². The first kappa shape index (κ1) is 22.2. The average Bonchev–Trinajstić information content (AvgIpc) is 2.79. The molecule has 31 heavy (non-hydrogen) atoms. The predicted molar refractivity (Wildman–Crippen MR) is 125 cm³/mol. The summed E-state index contributed by atoms with van der Waals surface area (Å²) in [6.07, 6.45) is 1.61. The molecule has 158 valence electrons. The Hall–Kier alpha value is -3.45. The Morgan fingerprint density at radius 3 is 2.35 bits per heavy atom. The summed E-state index contributed by atoms with van der Waals surface area (Å²) in [7, 11) is 0. The molecule has 0 radical (unpaired) electrons. The van der Waals surface area contributed by atoms with E-state index in [9.17, 15) is 9.59 Å². The minimum absolute atomic E-state index is 0.0276. The van der Waals surface area contributed by atoms with Gasteiger partial charge in [0.25, 0.3) is 0 Å². The Kier molecular flexibility index (Phi) is 8.37. The maximum atomic E-state index is 12.0. The molecule has 6 nitrogen and oxygen atoms in total. The monoisotopic (exact) mass is 479 g/mol. The number of carbonyl (C=O) groups is 2. The third kappa shape index (κ3) is 7.38. The molecule has 3 aromatic rings. The quantitative estimate of drug-likeness (QED) is 0.338. The van der Waals surface area contributed by atoms with Crippen molar-refractivity contribution < 1.29 is 14.3 Å². The number of ether oxygens (including phenoxy) is 1. The first-order valence-corrected chi connectivity index (χ1v) is 10.5. The zero-order valence-corrected chi connectivity index (χ0v) is 18.3. The number of benzene rings is 3. The first-order valence-electron chi connectivity index (χ1n) is 9.74. The van der Waals surface area contributed by atoms with E-state index in [4.69, 9.17) is 4.74 Å². The van der Waals surface area contributed by atoms with E-state index in [1.807, 2.05) is 72.8 Å². The number of hydrazone groups is 1. The number of anilines is 1. The van der Waals surface area contributed by atoms with Gasteiger partial charge in [-0.05, 0) is 45.8 Å². The number of hydrogen-bond donors (Lipinski definition) is 2. The number of nitrogens with one attached hydrogen (secondary N) is 2. The molecule has 0 aromatic heterocycles. The number of halogens is 1. The van der Waals surface area contributed by atoms with Crippen LogP contribution in [0.15, 0.2) is 88.4 Å². The summed E-state index contributed by atoms with van der Waals surface area (Å²) < 4.78 is 6.65. The lowest BCUT2D eigenvalue weighted by Crippen LogP contribution is -2.20. The van der Waals surface area contributed by atoms with Gasteiger partial charge < -0.3 is 10.1 Å². The molecule has 0 heterocycles. The number of amides is 2. The summed E-state index contributed by atoms with van der Waals surface area (Å²) in [5.41, 5.74) is 4.91. The number of carbonyl (C=O) groups excluding carboxylic acids is 2. The van der Waals surface area contributed by atoms with Crippen molar-refractivity contribution in [2.24, 2.45) is 5.10 Å². The molecule has 0 bridgehead atoms. The highest BCUT2D eigenvalue weighted by Gasteiger charge is 2.08. The van der Waals surface area contributed by atoms with Crippen LogP contribution in [0.4, 0.5) is 5.69 Å². The fourth-order valence-electron chi connectivity index (χ4n) is 2.69. The van der Waals surface area contributed by atoms with Crippen LogP contribution in [0.2, 0.25) is 0 Å². The summed E-state index contributed by atoms with van der Waals surface area (Å²) in [6.45, 7) is 0.435. The van der Waals surface area contributed by atoms with E-state index >= 15 is 0 Å². The summed E-state index contributed by atoms with van der Waals surface area (Å²) in [4.78, 5) is 24.0. The van der Waals surface area contributed by atoms with Gasteiger partial charge in [0.15, 0.2) is 0 Å². The lowest BCUT2D eigenvalue weighted by molar-refractivity contribution is -0.124. The van der Waals surface area contributed by atoms with E-state index in [0.717, 1.165) is 15.6 Å². The minimum Gasteiger partial charge on any atom is -0.488 e. The first-order chi connectivity index (χ1) is 15.1. The number of nitrogens with zero attached hydrogens (tertiary/aromatic N) is 1. The zero-order valence-electron chi connectivity index (χ0n) is 16.8. The van der Waals surface area contributed by atoms with Gasteiger partial charge in [0.05, 0.1) is 11.9 Å². The molecule has 0 aliphatic rings. The highest BCUT2D eigenvalue weighted by atomic mass is 79.9. The largest absolute Gasteiger partial charge is 0.488 e. The van der Waals surface area contributed by atoms with Gasteiger partial charge in [-0.25, -0.2) is 5.43 Å². The van der Waals surface area contributed by atoms with E-state index in [1.165, 1.54) is 6.21 Å². The van der Waals surface area contributed by atoms with Crippen molar-refractivity contribution in [3.63, 3.8) is 0 Å². The Bertz CT molecular complexity index is 1050. The Morgan fingerprint density at radius 2 is 1.55 bits per heavy atom. The average molecular weight is 480 g/mol. The van der Waals surface area contributed by atoms with Crippen molar-refractivity contribution in [3.05, 3.63) is 94.5 Å². The fraction of sp³-hybridized carbons (Fsp3) is 0.125. The molecule has 0 fully saturated rings. The Morgan fingerprint density at radius 1 is 0.871 bits per heavy atom. The van der Waals surface area contributed by atoms with Gasteiger partial charge in [-0.15, -0.1) is 0 Å². The van der Waals surface area contributed by atoms with Gasteiger partial charge in [-0.2, -0.15) is 5.10 Å². The molecular formula is C24H22BrN3O3. The van der Waals surface area contributed by atoms with Gasteiger partial charge in [-0.1, -0.05) is 54.6 Å². The van der Waals surface area contributed by atoms with E-state index in [2.05, 4.69) is 31.8 Å². The molecule has 0 atom stereocenters. The summed E-state index contributed by atoms with van der Waals surface area (Å²) >= 11 is 3.37. The van der Waals surface area contributed by atoms with Crippen molar-refractivity contribution in [2.75, 3.05) is 5.32 Å². The zero-order chi connectivity index (χ0) is 21.9. The van der Waals surface area contributed by atoms with Gasteiger partial charge in [-0.3, -0.25) is 9.59 Å². The van der Waals surface area contributed by atoms with Crippen LogP contribution in [0.3, 0.4) is 0 Å². The van der Waals surface area contributed by atoms with E-state index in [1.54, 1.807) is 6.07 Å². The van der Waals surface area contributed by atoms with E-state index in [0.29, 0.717) is 18.0 Å². The van der Waals surface area contributed by atoms with Crippen LogP contribution in [0.5, 0.6) is 5.75 Å². The third-order valence-corrected chi connectivity index (χ3v) is 4.97. The number of rotatable bonds is 9. The molecule has 3 aromatic carbocycles. The molecule has 0 aliphatic heterocycles. The molecular weight excluding hydrogens is 458 g/mol. The highest BCUT2D eigenvalue weighted by molar-refractivity contribution is 9.10. The Balaban J connectivity index is 1.46. The van der Waals surface area contributed by atoms with Crippen LogP contribution in [0, 0.1) is 0 Å². The maximum Gasteiger partial charge on any atom is 0.240 e. The number of hydrogen-bond acceptors (Lipinski definition) is 4. The second kappa shape index (κ2) is 11.7. The van der Waals surface area contributed by atoms with Crippen molar-refractivity contribution in [1.29, 1.82) is 0 Å². The topological polar surface area (TPSA) is 79.8 Å². The summed E-state index contributed by atoms with van der Waals surface area (Å²) in [6, 6.07) is 24.6. The summed E-state index contributed by atoms with van der Waals surface area (Å²) in [5.74, 6) is 0.0732. The van der Waals surface area contributed by atoms with Gasteiger partial charge in [0, 0.05) is 22.9 Å². The maximum absolute atomic E-state index is 12.0. The molecule has 0 aliphatic carbocycles. The molecule has 2 N–H and O–H groups in total. The van der Waals surface area contributed by atoms with Crippen LogP contribution >= 0.6 is 15.9 Å². The molecule has 7 heteroatoms. The van der Waals surface area contributed by atoms with Crippen LogP contribution < -0.4 is 15.5 Å². The van der Waals surface area contributed by atoms with Gasteiger partial charge >= 0.3 is 0 Å². The molecule has 3 rings (SSSR count). The predicted octanol–water partition coefficient (Wildman–Crippen LogP) is 4.90. The number of para-hydroxylation sites is 2. The van der Waals surface area contributed by atoms with Gasteiger partial charge in [0.2, 0.25) is 11.8 Å². The van der Waals surface area contributed by atoms with E-state index < -0.39 is 0 Å². The van der Waals surface area contributed by atoms with Crippen molar-refractivity contribution in [2.45, 2.75) is 19.4 Å². The smallest absolute Gasteiger partial charge is 0.240 e. The highest BCUT2D eigenvalue weighted by Crippen LogP contribution is 2.21. The van der Waals surface area contributed by atoms with Crippen LogP contribution in [-0.2, 0) is 16.2 Å². The second-order valence-corrected chi connectivity index (χ2v) is 7.49. The molecule has 0 saturated carbocycles. The lowest BCUT2D eigenvalue weighted by Gasteiger charge is -2.09. The van der Waals surface area contributed by atoms with Gasteiger partial charge in [0.1, 0.15) is 12.4 Å². The van der Waals surface area contributed by atoms with Crippen molar-refractivity contribution in [3.8, 4) is 5.75 Å². The fourth-order valence-corrected chi connectivity index (χ4v) is 3.07. The minimum atomic E-state index is -0.346. The second-order valence-electron chi connectivity index (χ2n) is 6.63. The van der Waals surface area contributed by atoms with Crippen LogP contribution in [-0.4, -0.2) is 18.0 Å². The molecule has 0 saturated heterocycles. The van der Waals surface area contributed by atoms with Crippen LogP contribution in [0.25, 0.3) is 0 Å².